The lowest BCUT2D eigenvalue weighted by Crippen LogP contribution is -2.16. The molecule has 0 aliphatic heterocycles. The van der Waals surface area contributed by atoms with Crippen LogP contribution in [-0.2, 0) is 6.42 Å². The molecule has 100 valence electrons. The van der Waals surface area contributed by atoms with Gasteiger partial charge in [-0.3, -0.25) is 0 Å². The average Bonchev–Trinajstić information content (AvgIpc) is 2.61. The van der Waals surface area contributed by atoms with Crippen molar-refractivity contribution in [3.8, 4) is 0 Å². The summed E-state index contributed by atoms with van der Waals surface area (Å²) in [6.07, 6.45) is 9.82. The molecule has 0 bridgehead atoms. The summed E-state index contributed by atoms with van der Waals surface area (Å²) < 4.78 is 0. The maximum atomic E-state index is 10.3. The summed E-state index contributed by atoms with van der Waals surface area (Å²) in [6, 6.07) is 8.41. The molecule has 1 unspecified atom stereocenters. The van der Waals surface area contributed by atoms with Crippen LogP contribution in [0.25, 0.3) is 0 Å². The van der Waals surface area contributed by atoms with E-state index in [0.29, 0.717) is 0 Å². The van der Waals surface area contributed by atoms with E-state index in [9.17, 15) is 5.11 Å². The van der Waals surface area contributed by atoms with Crippen molar-refractivity contribution >= 4 is 0 Å². The molecule has 18 heavy (non-hydrogen) atoms. The first kappa shape index (κ1) is 13.6. The predicted octanol–water partition coefficient (Wildman–Crippen LogP) is 4.26. The van der Waals surface area contributed by atoms with Crippen LogP contribution in [0, 0.1) is 12.8 Å². The number of hydrogen-bond donors (Lipinski definition) is 1. The van der Waals surface area contributed by atoms with Gasteiger partial charge in [-0.05, 0) is 36.8 Å². The van der Waals surface area contributed by atoms with Crippen LogP contribution in [0.5, 0.6) is 0 Å². The molecule has 1 N–H and O–H groups in total. The first-order chi connectivity index (χ1) is 8.75. The van der Waals surface area contributed by atoms with Gasteiger partial charge in [0.15, 0.2) is 0 Å². The highest BCUT2D eigenvalue weighted by molar-refractivity contribution is 5.26. The highest BCUT2D eigenvalue weighted by Crippen LogP contribution is 2.27. The molecule has 0 amide bonds. The smallest absolute Gasteiger partial charge is 0.0583 e. The quantitative estimate of drug-likeness (QED) is 0.787. The maximum absolute atomic E-state index is 10.3. The fourth-order valence-corrected chi connectivity index (χ4v) is 3.16. The Balaban J connectivity index is 1.84. The molecule has 0 radical (unpaired) electrons. The molecule has 1 fully saturated rings. The zero-order valence-electron chi connectivity index (χ0n) is 11.6. The number of aliphatic hydroxyl groups excluding tert-OH is 1. The van der Waals surface area contributed by atoms with E-state index in [1.807, 2.05) is 0 Å². The van der Waals surface area contributed by atoms with Gasteiger partial charge in [0.25, 0.3) is 0 Å². The SMILES string of the molecule is Cc1ccccc1CC(O)CC1CCCCCC1. The minimum Gasteiger partial charge on any atom is -0.393 e. The summed E-state index contributed by atoms with van der Waals surface area (Å²) in [5, 5.41) is 10.3. The van der Waals surface area contributed by atoms with Crippen molar-refractivity contribution in [1.29, 1.82) is 0 Å². The Kier molecular flexibility index (Phi) is 5.25. The maximum Gasteiger partial charge on any atom is 0.0583 e. The van der Waals surface area contributed by atoms with Gasteiger partial charge in [-0.25, -0.2) is 0 Å². The molecule has 2 rings (SSSR count). The Hall–Kier alpha value is -0.820. The van der Waals surface area contributed by atoms with Crippen LogP contribution < -0.4 is 0 Å². The van der Waals surface area contributed by atoms with E-state index < -0.39 is 0 Å². The fraction of sp³-hybridized carbons (Fsp3) is 0.647. The summed E-state index contributed by atoms with van der Waals surface area (Å²) in [7, 11) is 0. The van der Waals surface area contributed by atoms with E-state index in [1.54, 1.807) is 0 Å². The summed E-state index contributed by atoms with van der Waals surface area (Å²) in [5.74, 6) is 0.756. The summed E-state index contributed by atoms with van der Waals surface area (Å²) in [5.41, 5.74) is 2.61. The molecule has 1 saturated carbocycles. The molecule has 1 aliphatic rings. The first-order valence-corrected chi connectivity index (χ1v) is 7.48. The zero-order chi connectivity index (χ0) is 12.8. The van der Waals surface area contributed by atoms with E-state index in [4.69, 9.17) is 0 Å². The molecule has 1 aliphatic carbocycles. The standard InChI is InChI=1S/C17H26O/c1-14-8-6-7-11-16(14)13-17(18)12-15-9-4-2-3-5-10-15/h6-8,11,15,17-18H,2-5,9-10,12-13H2,1H3. The minimum absolute atomic E-state index is 0.158. The highest BCUT2D eigenvalue weighted by atomic mass is 16.3. The lowest BCUT2D eigenvalue weighted by Gasteiger charge is -2.19. The summed E-state index contributed by atoms with van der Waals surface area (Å²) >= 11 is 0. The lowest BCUT2D eigenvalue weighted by atomic mass is 9.90. The van der Waals surface area contributed by atoms with Crippen molar-refractivity contribution < 1.29 is 5.11 Å². The van der Waals surface area contributed by atoms with Crippen LogP contribution in [0.15, 0.2) is 24.3 Å². The third-order valence-corrected chi connectivity index (χ3v) is 4.30. The third kappa shape index (κ3) is 4.13. The van der Waals surface area contributed by atoms with Gasteiger partial charge in [-0.2, -0.15) is 0 Å². The van der Waals surface area contributed by atoms with Gasteiger partial charge in [-0.15, -0.1) is 0 Å². The van der Waals surface area contributed by atoms with E-state index in [-0.39, 0.29) is 6.10 Å². The van der Waals surface area contributed by atoms with Crippen molar-refractivity contribution in [3.05, 3.63) is 35.4 Å². The van der Waals surface area contributed by atoms with Crippen LogP contribution in [-0.4, -0.2) is 11.2 Å². The third-order valence-electron chi connectivity index (χ3n) is 4.30. The second kappa shape index (κ2) is 6.94. The molecule has 0 saturated heterocycles. The molecular weight excluding hydrogens is 220 g/mol. The summed E-state index contributed by atoms with van der Waals surface area (Å²) in [4.78, 5) is 0. The Morgan fingerprint density at radius 2 is 1.78 bits per heavy atom. The molecule has 0 spiro atoms. The Labute approximate surface area is 111 Å². The number of hydrogen-bond acceptors (Lipinski definition) is 1. The number of benzene rings is 1. The minimum atomic E-state index is -0.158. The van der Waals surface area contributed by atoms with Gasteiger partial charge in [0.05, 0.1) is 6.10 Å². The molecule has 1 aromatic rings. The van der Waals surface area contributed by atoms with Gasteiger partial charge in [0, 0.05) is 0 Å². The monoisotopic (exact) mass is 246 g/mol. The van der Waals surface area contributed by atoms with Gasteiger partial charge >= 0.3 is 0 Å². The Bertz CT molecular complexity index is 350. The van der Waals surface area contributed by atoms with Crippen LogP contribution in [0.3, 0.4) is 0 Å². The predicted molar refractivity (Wildman–Crippen MR) is 76.7 cm³/mol. The van der Waals surface area contributed by atoms with Crippen LogP contribution in [0.1, 0.15) is 56.1 Å². The van der Waals surface area contributed by atoms with Crippen LogP contribution in [0.2, 0.25) is 0 Å². The van der Waals surface area contributed by atoms with Gasteiger partial charge in [0.2, 0.25) is 0 Å². The van der Waals surface area contributed by atoms with Crippen molar-refractivity contribution in [2.45, 2.75) is 64.4 Å². The average molecular weight is 246 g/mol. The molecule has 1 aromatic carbocycles. The van der Waals surface area contributed by atoms with E-state index >= 15 is 0 Å². The van der Waals surface area contributed by atoms with E-state index in [1.165, 1.54) is 49.7 Å². The molecule has 0 heterocycles. The molecule has 1 atom stereocenters. The highest BCUT2D eigenvalue weighted by Gasteiger charge is 2.17. The number of aryl methyl sites for hydroxylation is 1. The van der Waals surface area contributed by atoms with E-state index in [2.05, 4.69) is 31.2 Å². The number of aliphatic hydroxyl groups is 1. The number of rotatable bonds is 4. The second-order valence-corrected chi connectivity index (χ2v) is 5.88. The second-order valence-electron chi connectivity index (χ2n) is 5.88. The van der Waals surface area contributed by atoms with Crippen molar-refractivity contribution in [3.63, 3.8) is 0 Å². The summed E-state index contributed by atoms with van der Waals surface area (Å²) in [6.45, 7) is 2.13. The van der Waals surface area contributed by atoms with Crippen molar-refractivity contribution in [2.75, 3.05) is 0 Å². The molecule has 0 aromatic heterocycles. The normalized spacial score (nSPS) is 19.4. The molecular formula is C17H26O. The van der Waals surface area contributed by atoms with Gasteiger partial charge in [0.1, 0.15) is 0 Å². The first-order valence-electron chi connectivity index (χ1n) is 7.48. The van der Waals surface area contributed by atoms with Crippen LogP contribution >= 0.6 is 0 Å². The van der Waals surface area contributed by atoms with Crippen LogP contribution in [0.4, 0.5) is 0 Å². The fourth-order valence-electron chi connectivity index (χ4n) is 3.16. The Morgan fingerprint density at radius 1 is 1.11 bits per heavy atom. The lowest BCUT2D eigenvalue weighted by molar-refractivity contribution is 0.137. The molecule has 1 nitrogen and oxygen atoms in total. The zero-order valence-corrected chi connectivity index (χ0v) is 11.6. The topological polar surface area (TPSA) is 20.2 Å². The van der Waals surface area contributed by atoms with Gasteiger partial charge < -0.3 is 5.11 Å². The van der Waals surface area contributed by atoms with Crippen molar-refractivity contribution in [1.82, 2.24) is 0 Å². The Morgan fingerprint density at radius 3 is 2.44 bits per heavy atom. The van der Waals surface area contributed by atoms with Crippen molar-refractivity contribution in [2.24, 2.45) is 5.92 Å². The largest absolute Gasteiger partial charge is 0.393 e. The van der Waals surface area contributed by atoms with Gasteiger partial charge in [-0.1, -0.05) is 62.8 Å². The van der Waals surface area contributed by atoms with E-state index in [0.717, 1.165) is 18.8 Å². The molecule has 1 heteroatoms.